The molecular weight excluding hydrogens is 252 g/mol. The van der Waals surface area contributed by atoms with Crippen molar-refractivity contribution < 1.29 is 0 Å². The second-order valence-electron chi connectivity index (χ2n) is 7.92. The standard InChI is InChI=1S/C21H29/c1-3-10-18(11-4-1)20(14-5-2-6-15-20)21(16-7-8-17-21)19-12-9-13-19/h3-4,10-11,19H,2,5-9,12-17H2. The Balaban J connectivity index is 1.81. The average Bonchev–Trinajstić information content (AvgIpc) is 2.98. The maximum atomic E-state index is 3.25. The van der Waals surface area contributed by atoms with E-state index in [9.17, 15) is 0 Å². The lowest BCUT2D eigenvalue weighted by atomic mass is 9.46. The summed E-state index contributed by atoms with van der Waals surface area (Å²) in [7, 11) is 0. The summed E-state index contributed by atoms with van der Waals surface area (Å²) in [6.45, 7) is 0. The Hall–Kier alpha value is -0.780. The van der Waals surface area contributed by atoms with Crippen molar-refractivity contribution in [2.24, 2.45) is 11.3 Å². The first kappa shape index (κ1) is 13.9. The molecule has 3 saturated carbocycles. The molecular formula is C21H29. The minimum atomic E-state index is 0.502. The van der Waals surface area contributed by atoms with Gasteiger partial charge in [-0.25, -0.2) is 0 Å². The molecule has 0 nitrogen and oxygen atoms in total. The second kappa shape index (κ2) is 5.45. The van der Waals surface area contributed by atoms with E-state index >= 15 is 0 Å². The summed E-state index contributed by atoms with van der Waals surface area (Å²) < 4.78 is 0. The molecule has 4 rings (SSSR count). The fourth-order valence-corrected chi connectivity index (χ4v) is 6.18. The zero-order chi connectivity index (χ0) is 14.2. The molecule has 1 aromatic rings. The molecule has 0 saturated heterocycles. The second-order valence-corrected chi connectivity index (χ2v) is 7.92. The van der Waals surface area contributed by atoms with E-state index < -0.39 is 0 Å². The van der Waals surface area contributed by atoms with Crippen molar-refractivity contribution in [3.8, 4) is 0 Å². The minimum absolute atomic E-state index is 0.502. The van der Waals surface area contributed by atoms with Crippen molar-refractivity contribution in [1.29, 1.82) is 0 Å². The van der Waals surface area contributed by atoms with Crippen LogP contribution in [0.2, 0.25) is 0 Å². The van der Waals surface area contributed by atoms with E-state index in [4.69, 9.17) is 0 Å². The molecule has 0 aliphatic heterocycles. The van der Waals surface area contributed by atoms with Crippen LogP contribution in [0.4, 0.5) is 0 Å². The molecule has 0 bridgehead atoms. The Labute approximate surface area is 130 Å². The van der Waals surface area contributed by atoms with E-state index in [1.807, 2.05) is 0 Å². The van der Waals surface area contributed by atoms with Gasteiger partial charge in [0.05, 0.1) is 0 Å². The van der Waals surface area contributed by atoms with Gasteiger partial charge in [-0.15, -0.1) is 0 Å². The van der Waals surface area contributed by atoms with Gasteiger partial charge in [0, 0.05) is 5.41 Å². The number of hydrogen-bond donors (Lipinski definition) is 0. The van der Waals surface area contributed by atoms with Crippen LogP contribution in [0, 0.1) is 17.4 Å². The van der Waals surface area contributed by atoms with Crippen LogP contribution in [-0.2, 0) is 5.41 Å². The van der Waals surface area contributed by atoms with Gasteiger partial charge in [0.2, 0.25) is 0 Å². The maximum Gasteiger partial charge on any atom is 0.00120 e. The quantitative estimate of drug-likeness (QED) is 0.632. The molecule has 0 amide bonds. The molecule has 0 heteroatoms. The molecule has 1 aromatic carbocycles. The normalized spacial score (nSPS) is 28.2. The smallest absolute Gasteiger partial charge is 0.00120 e. The van der Waals surface area contributed by atoms with E-state index in [1.54, 1.807) is 5.56 Å². The molecule has 0 aromatic heterocycles. The van der Waals surface area contributed by atoms with Crippen LogP contribution in [0.3, 0.4) is 0 Å². The average molecular weight is 281 g/mol. The topological polar surface area (TPSA) is 0 Å². The van der Waals surface area contributed by atoms with Crippen molar-refractivity contribution in [3.63, 3.8) is 0 Å². The molecule has 113 valence electrons. The Morgan fingerprint density at radius 1 is 0.762 bits per heavy atom. The van der Waals surface area contributed by atoms with E-state index in [0.29, 0.717) is 10.8 Å². The van der Waals surface area contributed by atoms with Crippen LogP contribution >= 0.6 is 0 Å². The first-order chi connectivity index (χ1) is 10.4. The van der Waals surface area contributed by atoms with Gasteiger partial charge in [0.25, 0.3) is 0 Å². The Kier molecular flexibility index (Phi) is 3.59. The lowest BCUT2D eigenvalue weighted by Gasteiger charge is -2.58. The van der Waals surface area contributed by atoms with Crippen LogP contribution < -0.4 is 0 Å². The third kappa shape index (κ3) is 2.01. The highest BCUT2D eigenvalue weighted by atomic mass is 14.6. The lowest BCUT2D eigenvalue weighted by Crippen LogP contribution is -2.51. The third-order valence-corrected chi connectivity index (χ3v) is 7.31. The van der Waals surface area contributed by atoms with E-state index in [2.05, 4.69) is 30.3 Å². The highest BCUT2D eigenvalue weighted by molar-refractivity contribution is 5.31. The highest BCUT2D eigenvalue weighted by Gasteiger charge is 2.57. The first-order valence-electron chi connectivity index (χ1n) is 9.34. The summed E-state index contributed by atoms with van der Waals surface area (Å²) in [6.07, 6.45) is 17.8. The van der Waals surface area contributed by atoms with Crippen LogP contribution in [0.1, 0.15) is 82.6 Å². The van der Waals surface area contributed by atoms with Gasteiger partial charge in [-0.2, -0.15) is 0 Å². The third-order valence-electron chi connectivity index (χ3n) is 7.31. The van der Waals surface area contributed by atoms with Crippen molar-refractivity contribution >= 4 is 0 Å². The molecule has 3 aliphatic rings. The fraction of sp³-hybridized carbons (Fsp3) is 0.714. The van der Waals surface area contributed by atoms with Gasteiger partial charge in [0.15, 0.2) is 0 Å². The zero-order valence-electron chi connectivity index (χ0n) is 13.4. The van der Waals surface area contributed by atoms with Crippen molar-refractivity contribution in [2.75, 3.05) is 0 Å². The minimum Gasteiger partial charge on any atom is -0.0578 e. The van der Waals surface area contributed by atoms with Gasteiger partial charge in [-0.05, 0) is 61.5 Å². The molecule has 0 unspecified atom stereocenters. The summed E-state index contributed by atoms with van der Waals surface area (Å²) in [6, 6.07) is 12.4. The van der Waals surface area contributed by atoms with Crippen molar-refractivity contribution in [2.45, 2.75) is 82.5 Å². The molecule has 0 heterocycles. The molecule has 0 N–H and O–H groups in total. The van der Waals surface area contributed by atoms with Crippen molar-refractivity contribution in [1.82, 2.24) is 0 Å². The molecule has 0 spiro atoms. The monoisotopic (exact) mass is 281 g/mol. The van der Waals surface area contributed by atoms with Crippen LogP contribution in [0.25, 0.3) is 0 Å². The number of benzene rings is 1. The summed E-state index contributed by atoms with van der Waals surface area (Å²) in [5.74, 6) is 1.03. The molecule has 3 fully saturated rings. The maximum absolute atomic E-state index is 3.25. The fourth-order valence-electron chi connectivity index (χ4n) is 6.18. The van der Waals surface area contributed by atoms with Gasteiger partial charge in [0.1, 0.15) is 0 Å². The van der Waals surface area contributed by atoms with E-state index in [1.165, 1.54) is 77.0 Å². The van der Waals surface area contributed by atoms with Gasteiger partial charge < -0.3 is 0 Å². The Morgan fingerprint density at radius 3 is 1.95 bits per heavy atom. The van der Waals surface area contributed by atoms with Gasteiger partial charge in [-0.3, -0.25) is 0 Å². The predicted molar refractivity (Wildman–Crippen MR) is 88.3 cm³/mol. The summed E-state index contributed by atoms with van der Waals surface area (Å²) in [4.78, 5) is 0. The Bertz CT molecular complexity index is 456. The zero-order valence-corrected chi connectivity index (χ0v) is 13.4. The Morgan fingerprint density at radius 2 is 1.38 bits per heavy atom. The highest BCUT2D eigenvalue weighted by Crippen LogP contribution is 2.65. The molecule has 0 atom stereocenters. The first-order valence-corrected chi connectivity index (χ1v) is 9.34. The van der Waals surface area contributed by atoms with E-state index in [0.717, 1.165) is 5.92 Å². The van der Waals surface area contributed by atoms with Crippen LogP contribution in [0.15, 0.2) is 24.3 Å². The molecule has 1 radical (unpaired) electrons. The number of rotatable bonds is 3. The van der Waals surface area contributed by atoms with Gasteiger partial charge in [-0.1, -0.05) is 62.8 Å². The largest absolute Gasteiger partial charge is 0.0578 e. The lowest BCUT2D eigenvalue weighted by molar-refractivity contribution is -0.0222. The predicted octanol–water partition coefficient (Wildman–Crippen LogP) is 6.05. The molecule has 3 aliphatic carbocycles. The van der Waals surface area contributed by atoms with Crippen LogP contribution in [0.5, 0.6) is 0 Å². The summed E-state index contributed by atoms with van der Waals surface area (Å²) in [5, 5.41) is 0. The number of hydrogen-bond acceptors (Lipinski definition) is 0. The SMILES string of the molecule is [c]1ccc(C2(C3(C4CCC4)CCCC3)CCCCC2)cc1. The van der Waals surface area contributed by atoms with Crippen LogP contribution in [-0.4, -0.2) is 0 Å². The van der Waals surface area contributed by atoms with Crippen molar-refractivity contribution in [3.05, 3.63) is 35.9 Å². The van der Waals surface area contributed by atoms with Gasteiger partial charge >= 0.3 is 0 Å². The molecule has 21 heavy (non-hydrogen) atoms. The summed E-state index contributed by atoms with van der Waals surface area (Å²) >= 11 is 0. The summed E-state index contributed by atoms with van der Waals surface area (Å²) in [5.41, 5.74) is 2.81. The van der Waals surface area contributed by atoms with E-state index in [-0.39, 0.29) is 0 Å².